The molecule has 2 heterocycles. The van der Waals surface area contributed by atoms with Gasteiger partial charge in [0.15, 0.2) is 0 Å². The average Bonchev–Trinajstić information content (AvgIpc) is 2.50. The predicted octanol–water partition coefficient (Wildman–Crippen LogP) is 1.92. The largest absolute Gasteiger partial charge is 0.421 e. The van der Waals surface area contributed by atoms with Crippen molar-refractivity contribution in [2.24, 2.45) is 0 Å². The number of benzene rings is 2. The number of ether oxygens (including phenoxy) is 1. The smallest absolute Gasteiger partial charge is 0.305 e. The van der Waals surface area contributed by atoms with Gasteiger partial charge in [-0.25, -0.2) is 0 Å². The second-order valence-electron chi connectivity index (χ2n) is 5.11. The molecule has 0 saturated heterocycles. The zero-order valence-corrected chi connectivity index (χ0v) is 11.2. The van der Waals surface area contributed by atoms with Gasteiger partial charge in [-0.1, -0.05) is 48.5 Å². The van der Waals surface area contributed by atoms with E-state index in [0.29, 0.717) is 22.3 Å². The number of carbonyl (C=O) groups is 1. The topological polar surface area (TPSA) is 65.0 Å². The van der Waals surface area contributed by atoms with E-state index in [2.05, 4.69) is 0 Å². The van der Waals surface area contributed by atoms with Gasteiger partial charge in [-0.2, -0.15) is 9.78 Å². The van der Waals surface area contributed by atoms with Crippen LogP contribution in [0.15, 0.2) is 48.5 Å². The van der Waals surface area contributed by atoms with Crippen molar-refractivity contribution in [3.8, 4) is 0 Å². The summed E-state index contributed by atoms with van der Waals surface area (Å²) in [5.74, 6) is -3.69. The van der Waals surface area contributed by atoms with Crippen molar-refractivity contribution in [2.45, 2.75) is 18.5 Å². The van der Waals surface area contributed by atoms with Gasteiger partial charge in [0, 0.05) is 29.2 Å². The molecule has 3 aliphatic rings. The maximum atomic E-state index is 11.6. The number of carbonyl (C=O) groups excluding carboxylic acids is 1. The van der Waals surface area contributed by atoms with Gasteiger partial charge in [-0.05, 0) is 0 Å². The number of hydrogen-bond acceptors (Lipinski definition) is 5. The van der Waals surface area contributed by atoms with Crippen LogP contribution in [0.5, 0.6) is 0 Å². The highest BCUT2D eigenvalue weighted by Gasteiger charge is 2.60. The summed E-state index contributed by atoms with van der Waals surface area (Å²) in [5.41, 5.74) is 2.15. The number of hydrogen-bond donors (Lipinski definition) is 1. The van der Waals surface area contributed by atoms with Gasteiger partial charge >= 0.3 is 5.97 Å². The zero-order valence-electron chi connectivity index (χ0n) is 11.2. The van der Waals surface area contributed by atoms with Crippen LogP contribution in [0.3, 0.4) is 0 Å². The number of rotatable bonds is 1. The van der Waals surface area contributed by atoms with Crippen LogP contribution in [0, 0.1) is 0 Å². The summed E-state index contributed by atoms with van der Waals surface area (Å²) >= 11 is 0. The first-order valence-corrected chi connectivity index (χ1v) is 6.57. The van der Waals surface area contributed by atoms with Gasteiger partial charge in [0.05, 0.1) is 0 Å². The van der Waals surface area contributed by atoms with E-state index in [0.717, 1.165) is 0 Å². The predicted molar refractivity (Wildman–Crippen MR) is 70.6 cm³/mol. The van der Waals surface area contributed by atoms with Crippen LogP contribution < -0.4 is 0 Å². The average molecular weight is 284 g/mol. The molecule has 0 aromatic heterocycles. The van der Waals surface area contributed by atoms with Crippen molar-refractivity contribution in [3.63, 3.8) is 0 Å². The van der Waals surface area contributed by atoms with Crippen LogP contribution in [0.1, 0.15) is 29.2 Å². The maximum Gasteiger partial charge on any atom is 0.305 e. The van der Waals surface area contributed by atoms with Gasteiger partial charge in [0.1, 0.15) is 0 Å². The summed E-state index contributed by atoms with van der Waals surface area (Å²) < 4.78 is 5.47. The van der Waals surface area contributed by atoms with Crippen LogP contribution in [0.2, 0.25) is 0 Å². The molecule has 2 aromatic carbocycles. The van der Waals surface area contributed by atoms with E-state index in [4.69, 9.17) is 14.5 Å². The molecule has 5 rings (SSSR count). The fourth-order valence-electron chi connectivity index (χ4n) is 3.05. The van der Waals surface area contributed by atoms with Gasteiger partial charge in [0.25, 0.3) is 11.6 Å². The van der Waals surface area contributed by atoms with Crippen LogP contribution in [0.25, 0.3) is 0 Å². The Hall–Kier alpha value is -2.21. The first-order chi connectivity index (χ1) is 10.1. The number of fused-ring (bicyclic) bond motifs is 1. The van der Waals surface area contributed by atoms with Gasteiger partial charge < -0.3 is 9.84 Å². The SMILES string of the molecule is CC(=O)OC12OOC(O)(c3ccccc31)c1ccccc12. The van der Waals surface area contributed by atoms with Gasteiger partial charge in [-0.3, -0.25) is 4.79 Å². The Morgan fingerprint density at radius 1 is 0.952 bits per heavy atom. The van der Waals surface area contributed by atoms with Crippen LogP contribution in [0.4, 0.5) is 0 Å². The molecule has 1 N–H and O–H groups in total. The molecular formula is C16H12O5. The lowest BCUT2D eigenvalue weighted by atomic mass is 9.76. The molecule has 2 aromatic rings. The van der Waals surface area contributed by atoms with E-state index in [1.165, 1.54) is 6.92 Å². The third kappa shape index (κ3) is 1.43. The van der Waals surface area contributed by atoms with Crippen molar-refractivity contribution >= 4 is 5.97 Å². The minimum absolute atomic E-state index is 0.504. The highest BCUT2D eigenvalue weighted by atomic mass is 17.3. The highest BCUT2D eigenvalue weighted by Crippen LogP contribution is 2.55. The summed E-state index contributed by atoms with van der Waals surface area (Å²) in [7, 11) is 0. The first kappa shape index (κ1) is 12.5. The van der Waals surface area contributed by atoms with Crippen LogP contribution >= 0.6 is 0 Å². The molecule has 5 nitrogen and oxygen atoms in total. The summed E-state index contributed by atoms with van der Waals surface area (Å²) in [6.45, 7) is 1.30. The quantitative estimate of drug-likeness (QED) is 0.640. The molecule has 21 heavy (non-hydrogen) atoms. The molecule has 0 amide bonds. The Morgan fingerprint density at radius 3 is 1.90 bits per heavy atom. The van der Waals surface area contributed by atoms with Crippen molar-refractivity contribution in [1.29, 1.82) is 0 Å². The van der Waals surface area contributed by atoms with E-state index >= 15 is 0 Å². The molecule has 0 saturated carbocycles. The lowest BCUT2D eigenvalue weighted by molar-refractivity contribution is -0.509. The molecule has 0 spiro atoms. The summed E-state index contributed by atoms with van der Waals surface area (Å²) in [4.78, 5) is 22.1. The van der Waals surface area contributed by atoms with E-state index in [-0.39, 0.29) is 0 Å². The molecule has 106 valence electrons. The number of aliphatic hydroxyl groups is 1. The molecule has 5 heteroatoms. The van der Waals surface area contributed by atoms with Crippen molar-refractivity contribution in [3.05, 3.63) is 70.8 Å². The molecule has 0 unspecified atom stereocenters. The minimum Gasteiger partial charge on any atom is -0.421 e. The fraction of sp³-hybridized carbons (Fsp3) is 0.188. The van der Waals surface area contributed by atoms with Crippen molar-refractivity contribution < 1.29 is 24.4 Å². The molecule has 0 fully saturated rings. The third-order valence-corrected chi connectivity index (χ3v) is 3.86. The Morgan fingerprint density at radius 2 is 1.43 bits per heavy atom. The highest BCUT2D eigenvalue weighted by molar-refractivity contribution is 5.68. The minimum atomic E-state index is -1.70. The molecule has 2 aliphatic heterocycles. The standard InChI is InChI=1S/C16H12O5/c1-10(17)19-16-13-8-4-2-6-11(13)15(18,20-21-16)12-7-3-5-9-14(12)16/h2-9,18H,1H3. The lowest BCUT2D eigenvalue weighted by Crippen LogP contribution is -2.54. The van der Waals surface area contributed by atoms with E-state index in [1.54, 1.807) is 48.5 Å². The van der Waals surface area contributed by atoms with Gasteiger partial charge in [-0.15, -0.1) is 0 Å². The molecule has 0 radical (unpaired) electrons. The van der Waals surface area contributed by atoms with Crippen LogP contribution in [-0.2, 0) is 30.9 Å². The zero-order chi connectivity index (χ0) is 14.7. The Balaban J connectivity index is 2.09. The number of esters is 1. The van der Waals surface area contributed by atoms with Crippen LogP contribution in [-0.4, -0.2) is 11.1 Å². The molecule has 0 atom stereocenters. The summed E-state index contributed by atoms with van der Waals surface area (Å²) in [6, 6.07) is 14.1. The summed E-state index contributed by atoms with van der Waals surface area (Å²) in [5, 5.41) is 10.9. The normalized spacial score (nSPS) is 28.7. The molecular weight excluding hydrogens is 272 g/mol. The molecule has 2 bridgehead atoms. The van der Waals surface area contributed by atoms with E-state index < -0.39 is 17.5 Å². The second kappa shape index (κ2) is 3.92. The molecule has 1 aliphatic carbocycles. The van der Waals surface area contributed by atoms with Gasteiger partial charge in [0.2, 0.25) is 0 Å². The third-order valence-electron chi connectivity index (χ3n) is 3.86. The Labute approximate surface area is 120 Å². The lowest BCUT2D eigenvalue weighted by Gasteiger charge is -2.49. The second-order valence-corrected chi connectivity index (χ2v) is 5.11. The van der Waals surface area contributed by atoms with Crippen molar-refractivity contribution in [2.75, 3.05) is 0 Å². The van der Waals surface area contributed by atoms with E-state index in [9.17, 15) is 9.90 Å². The Bertz CT molecular complexity index is 704. The Kier molecular flexibility index (Phi) is 2.34. The first-order valence-electron chi connectivity index (χ1n) is 6.57. The van der Waals surface area contributed by atoms with E-state index in [1.807, 2.05) is 0 Å². The fourth-order valence-corrected chi connectivity index (χ4v) is 3.05. The summed E-state index contributed by atoms with van der Waals surface area (Å²) in [6.07, 6.45) is 0. The maximum absolute atomic E-state index is 11.6. The monoisotopic (exact) mass is 284 g/mol. The van der Waals surface area contributed by atoms with Crippen molar-refractivity contribution in [1.82, 2.24) is 0 Å².